The number of carboxylic acid groups (broad SMARTS) is 1. The van der Waals surface area contributed by atoms with Crippen molar-refractivity contribution in [2.45, 2.75) is 0 Å². The minimum Gasteiger partial charge on any atom is -0.478 e. The number of ether oxygens (including phenoxy) is 1. The average molecular weight is 456 g/mol. The van der Waals surface area contributed by atoms with E-state index in [0.29, 0.717) is 5.69 Å². The Bertz CT molecular complexity index is 1150. The van der Waals surface area contributed by atoms with E-state index in [4.69, 9.17) is 28.3 Å². The molecular weight excluding hydrogens is 443 g/mol. The van der Waals surface area contributed by atoms with Gasteiger partial charge in [0.2, 0.25) is 6.86 Å². The molecule has 0 spiro atoms. The molecule has 156 valence electrons. The molecule has 0 bridgehead atoms. The molecule has 7 nitrogen and oxygen atoms in total. The summed E-state index contributed by atoms with van der Waals surface area (Å²) in [5.41, 5.74) is 0.709. The SMILES string of the molecule is Cn1c(-c2ccc(OCF)c(F)c2Cl)cnc1C(=O)Nc1ccc(C(=O)O)c(Cl)c1. The Morgan fingerprint density at radius 2 is 2.00 bits per heavy atom. The number of carboxylic acids is 1. The maximum absolute atomic E-state index is 14.3. The molecule has 0 aliphatic rings. The van der Waals surface area contributed by atoms with Crippen molar-refractivity contribution in [1.29, 1.82) is 0 Å². The molecule has 1 aromatic heterocycles. The zero-order valence-corrected chi connectivity index (χ0v) is 16.8. The Morgan fingerprint density at radius 3 is 2.63 bits per heavy atom. The van der Waals surface area contributed by atoms with Crippen molar-refractivity contribution < 1.29 is 28.2 Å². The van der Waals surface area contributed by atoms with Gasteiger partial charge in [-0.15, -0.1) is 0 Å². The van der Waals surface area contributed by atoms with Gasteiger partial charge in [-0.25, -0.2) is 18.6 Å². The maximum Gasteiger partial charge on any atom is 0.337 e. The lowest BCUT2D eigenvalue weighted by molar-refractivity contribution is 0.0697. The predicted molar refractivity (Wildman–Crippen MR) is 107 cm³/mol. The lowest BCUT2D eigenvalue weighted by atomic mass is 10.1. The third-order valence-electron chi connectivity index (χ3n) is 4.18. The molecule has 1 heterocycles. The highest BCUT2D eigenvalue weighted by Crippen LogP contribution is 2.35. The zero-order valence-electron chi connectivity index (χ0n) is 15.2. The molecule has 0 atom stereocenters. The lowest BCUT2D eigenvalue weighted by Gasteiger charge is -2.11. The van der Waals surface area contributed by atoms with E-state index in [1.54, 1.807) is 0 Å². The van der Waals surface area contributed by atoms with Crippen LogP contribution in [-0.2, 0) is 7.05 Å². The third-order valence-corrected chi connectivity index (χ3v) is 4.86. The van der Waals surface area contributed by atoms with E-state index in [1.807, 2.05) is 0 Å². The van der Waals surface area contributed by atoms with Gasteiger partial charge in [-0.3, -0.25) is 4.79 Å². The average Bonchev–Trinajstić information content (AvgIpc) is 3.07. The van der Waals surface area contributed by atoms with Crippen molar-refractivity contribution in [2.24, 2.45) is 7.05 Å². The Balaban J connectivity index is 1.88. The molecule has 0 fully saturated rings. The molecule has 2 N–H and O–H groups in total. The van der Waals surface area contributed by atoms with Crippen LogP contribution < -0.4 is 10.1 Å². The summed E-state index contributed by atoms with van der Waals surface area (Å²) in [5.74, 6) is -3.11. The number of carbonyl (C=O) groups excluding carboxylic acids is 1. The molecule has 0 saturated carbocycles. The predicted octanol–water partition coefficient (Wildman–Crippen LogP) is 4.79. The Labute approximate surface area is 178 Å². The molecule has 11 heteroatoms. The summed E-state index contributed by atoms with van der Waals surface area (Å²) < 4.78 is 32.5. The van der Waals surface area contributed by atoms with Crippen molar-refractivity contribution in [3.8, 4) is 17.0 Å². The molecule has 0 saturated heterocycles. The first kappa shape index (κ1) is 21.5. The first-order valence-electron chi connectivity index (χ1n) is 8.27. The van der Waals surface area contributed by atoms with Crippen LogP contribution in [-0.4, -0.2) is 33.4 Å². The summed E-state index contributed by atoms with van der Waals surface area (Å²) >= 11 is 11.9. The second kappa shape index (κ2) is 8.68. The van der Waals surface area contributed by atoms with Crippen LogP contribution in [0.5, 0.6) is 5.75 Å². The van der Waals surface area contributed by atoms with Crippen LogP contribution in [0.3, 0.4) is 0 Å². The number of amides is 1. The van der Waals surface area contributed by atoms with Gasteiger partial charge in [-0.2, -0.15) is 0 Å². The molecule has 0 aliphatic heterocycles. The van der Waals surface area contributed by atoms with Crippen LogP contribution in [0.15, 0.2) is 36.5 Å². The summed E-state index contributed by atoms with van der Waals surface area (Å²) in [7, 11) is 1.53. The molecule has 3 rings (SSSR count). The summed E-state index contributed by atoms with van der Waals surface area (Å²) in [6.07, 6.45) is 1.33. The van der Waals surface area contributed by atoms with Gasteiger partial charge in [0.05, 0.1) is 27.5 Å². The molecule has 2 aromatic carbocycles. The number of hydrogen-bond acceptors (Lipinski definition) is 4. The second-order valence-corrected chi connectivity index (χ2v) is 6.76. The van der Waals surface area contributed by atoms with Gasteiger partial charge in [0.1, 0.15) is 0 Å². The van der Waals surface area contributed by atoms with Crippen molar-refractivity contribution in [3.05, 3.63) is 63.8 Å². The number of benzene rings is 2. The second-order valence-electron chi connectivity index (χ2n) is 5.97. The van der Waals surface area contributed by atoms with E-state index in [2.05, 4.69) is 15.0 Å². The van der Waals surface area contributed by atoms with Crippen LogP contribution in [0.4, 0.5) is 14.5 Å². The quantitative estimate of drug-likeness (QED) is 0.557. The minimum absolute atomic E-state index is 0.0241. The summed E-state index contributed by atoms with van der Waals surface area (Å²) in [4.78, 5) is 27.6. The molecule has 30 heavy (non-hydrogen) atoms. The topological polar surface area (TPSA) is 93.5 Å². The fourth-order valence-corrected chi connectivity index (χ4v) is 3.24. The summed E-state index contributed by atoms with van der Waals surface area (Å²) in [6, 6.07) is 6.57. The smallest absolute Gasteiger partial charge is 0.337 e. The van der Waals surface area contributed by atoms with E-state index in [9.17, 15) is 18.4 Å². The van der Waals surface area contributed by atoms with Crippen LogP contribution in [0, 0.1) is 5.82 Å². The largest absolute Gasteiger partial charge is 0.478 e. The van der Waals surface area contributed by atoms with Gasteiger partial charge in [0, 0.05) is 18.3 Å². The third kappa shape index (κ3) is 4.07. The summed E-state index contributed by atoms with van der Waals surface area (Å²) in [5, 5.41) is 11.2. The number of aromatic nitrogens is 2. The highest BCUT2D eigenvalue weighted by atomic mass is 35.5. The number of nitrogens with zero attached hydrogens (tertiary/aromatic N) is 2. The summed E-state index contributed by atoms with van der Waals surface area (Å²) in [6.45, 7) is -1.21. The highest BCUT2D eigenvalue weighted by Gasteiger charge is 2.21. The molecule has 0 radical (unpaired) electrons. The van der Waals surface area contributed by atoms with Crippen LogP contribution in [0.2, 0.25) is 10.0 Å². The van der Waals surface area contributed by atoms with Crippen molar-refractivity contribution in [3.63, 3.8) is 0 Å². The van der Waals surface area contributed by atoms with E-state index in [1.165, 1.54) is 48.1 Å². The van der Waals surface area contributed by atoms with E-state index in [0.717, 1.165) is 0 Å². The number of halogens is 4. The Hall–Kier alpha value is -3.17. The number of carbonyl (C=O) groups is 2. The fourth-order valence-electron chi connectivity index (χ4n) is 2.72. The van der Waals surface area contributed by atoms with E-state index >= 15 is 0 Å². The van der Waals surface area contributed by atoms with Crippen LogP contribution in [0.25, 0.3) is 11.3 Å². The van der Waals surface area contributed by atoms with Crippen molar-refractivity contribution in [1.82, 2.24) is 9.55 Å². The van der Waals surface area contributed by atoms with Crippen molar-refractivity contribution in [2.75, 3.05) is 12.2 Å². The standard InChI is InChI=1S/C19H13Cl2F2N3O4/c1-26-13(11-4-5-14(30-8-22)16(23)15(11)21)7-24-17(26)18(27)25-9-2-3-10(19(28)29)12(20)6-9/h2-7H,8H2,1H3,(H,25,27)(H,28,29). The highest BCUT2D eigenvalue weighted by molar-refractivity contribution is 6.34. The van der Waals surface area contributed by atoms with Gasteiger partial charge in [-0.1, -0.05) is 23.2 Å². The lowest BCUT2D eigenvalue weighted by Crippen LogP contribution is -2.17. The van der Waals surface area contributed by atoms with E-state index in [-0.39, 0.29) is 38.4 Å². The first-order chi connectivity index (χ1) is 14.2. The number of alkyl halides is 1. The van der Waals surface area contributed by atoms with Crippen molar-refractivity contribution >= 4 is 40.8 Å². The number of nitrogens with one attached hydrogen (secondary N) is 1. The maximum atomic E-state index is 14.3. The van der Waals surface area contributed by atoms with Gasteiger partial charge < -0.3 is 19.7 Å². The Morgan fingerprint density at radius 1 is 1.27 bits per heavy atom. The fraction of sp³-hybridized carbons (Fsp3) is 0.105. The van der Waals surface area contributed by atoms with Gasteiger partial charge in [-0.05, 0) is 30.3 Å². The molecular formula is C19H13Cl2F2N3O4. The minimum atomic E-state index is -1.21. The monoisotopic (exact) mass is 455 g/mol. The van der Waals surface area contributed by atoms with Gasteiger partial charge >= 0.3 is 5.97 Å². The van der Waals surface area contributed by atoms with E-state index < -0.39 is 24.6 Å². The number of aromatic carboxylic acids is 1. The molecule has 3 aromatic rings. The number of imidazole rings is 1. The first-order valence-corrected chi connectivity index (χ1v) is 9.03. The number of anilines is 1. The van der Waals surface area contributed by atoms with Gasteiger partial charge in [0.25, 0.3) is 5.91 Å². The number of hydrogen-bond donors (Lipinski definition) is 2. The molecule has 1 amide bonds. The molecule has 0 aliphatic carbocycles. The zero-order chi connectivity index (χ0) is 22.0. The van der Waals surface area contributed by atoms with Gasteiger partial charge in [0.15, 0.2) is 17.4 Å². The molecule has 0 unspecified atom stereocenters. The normalized spacial score (nSPS) is 10.7. The van der Waals surface area contributed by atoms with Crippen LogP contribution in [0.1, 0.15) is 21.0 Å². The van der Waals surface area contributed by atoms with Crippen LogP contribution >= 0.6 is 23.2 Å². The Kier molecular flexibility index (Phi) is 6.23. The number of rotatable bonds is 6.